The second-order valence-corrected chi connectivity index (χ2v) is 4.23. The summed E-state index contributed by atoms with van der Waals surface area (Å²) < 4.78 is 28.1. The van der Waals surface area contributed by atoms with Crippen molar-refractivity contribution in [2.24, 2.45) is 7.05 Å². The lowest BCUT2D eigenvalue weighted by Gasteiger charge is -2.15. The first-order valence-electron chi connectivity index (χ1n) is 5.70. The van der Waals surface area contributed by atoms with E-state index in [0.29, 0.717) is 12.0 Å². The predicted molar refractivity (Wildman–Crippen MR) is 65.1 cm³/mol. The summed E-state index contributed by atoms with van der Waals surface area (Å²) in [6, 6.07) is 5.28. The first kappa shape index (κ1) is 12.7. The van der Waals surface area contributed by atoms with Gasteiger partial charge in [0.1, 0.15) is 11.6 Å². The number of rotatable bonds is 4. The smallest absolute Gasteiger partial charge is 0.126 e. The van der Waals surface area contributed by atoms with E-state index in [1.54, 1.807) is 11.7 Å². The van der Waals surface area contributed by atoms with Crippen molar-refractivity contribution >= 4 is 0 Å². The van der Waals surface area contributed by atoms with Crippen LogP contribution in [-0.4, -0.2) is 16.8 Å². The summed E-state index contributed by atoms with van der Waals surface area (Å²) in [5.41, 5.74) is 1.46. The van der Waals surface area contributed by atoms with Crippen LogP contribution in [0.15, 0.2) is 30.5 Å². The van der Waals surface area contributed by atoms with Gasteiger partial charge < -0.3 is 5.32 Å². The molecule has 5 heteroatoms. The topological polar surface area (TPSA) is 29.9 Å². The van der Waals surface area contributed by atoms with Gasteiger partial charge in [0.15, 0.2) is 0 Å². The van der Waals surface area contributed by atoms with Crippen molar-refractivity contribution in [3.63, 3.8) is 0 Å². The molecule has 96 valence electrons. The highest BCUT2D eigenvalue weighted by atomic mass is 19.1. The molecule has 1 atom stereocenters. The van der Waals surface area contributed by atoms with Gasteiger partial charge in [-0.25, -0.2) is 8.78 Å². The second kappa shape index (κ2) is 5.27. The van der Waals surface area contributed by atoms with Crippen LogP contribution in [-0.2, 0) is 13.5 Å². The molecule has 18 heavy (non-hydrogen) atoms. The molecule has 0 spiro atoms. The molecule has 1 N–H and O–H groups in total. The maximum absolute atomic E-state index is 13.2. The quantitative estimate of drug-likeness (QED) is 0.902. The molecule has 1 aromatic heterocycles. The van der Waals surface area contributed by atoms with Crippen molar-refractivity contribution in [2.45, 2.75) is 12.5 Å². The number of aryl methyl sites for hydroxylation is 1. The fourth-order valence-electron chi connectivity index (χ4n) is 1.94. The molecule has 0 aliphatic carbocycles. The monoisotopic (exact) mass is 251 g/mol. The van der Waals surface area contributed by atoms with E-state index in [-0.39, 0.29) is 6.04 Å². The standard InChI is InChI=1S/C13H15F2N3/c1-16-13(8-12-3-4-18(2)17-12)9-5-10(14)7-11(15)6-9/h3-7,13,16H,8H2,1-2H3. The Morgan fingerprint density at radius 3 is 2.44 bits per heavy atom. The van der Waals surface area contributed by atoms with Gasteiger partial charge in [0.25, 0.3) is 0 Å². The third-order valence-electron chi connectivity index (χ3n) is 2.82. The Kier molecular flexibility index (Phi) is 3.72. The highest BCUT2D eigenvalue weighted by Gasteiger charge is 2.13. The lowest BCUT2D eigenvalue weighted by Crippen LogP contribution is -2.19. The van der Waals surface area contributed by atoms with Gasteiger partial charge in [-0.15, -0.1) is 0 Å². The van der Waals surface area contributed by atoms with Crippen LogP contribution >= 0.6 is 0 Å². The van der Waals surface area contributed by atoms with Crippen molar-refractivity contribution in [2.75, 3.05) is 7.05 Å². The lowest BCUT2D eigenvalue weighted by molar-refractivity contribution is 0.545. The molecule has 0 saturated heterocycles. The summed E-state index contributed by atoms with van der Waals surface area (Å²) in [4.78, 5) is 0. The average molecular weight is 251 g/mol. The van der Waals surface area contributed by atoms with Crippen molar-refractivity contribution in [3.05, 3.63) is 53.4 Å². The van der Waals surface area contributed by atoms with Crippen molar-refractivity contribution < 1.29 is 8.78 Å². The zero-order valence-electron chi connectivity index (χ0n) is 10.3. The van der Waals surface area contributed by atoms with E-state index in [1.807, 2.05) is 19.3 Å². The van der Waals surface area contributed by atoms with Crippen molar-refractivity contribution in [1.29, 1.82) is 0 Å². The first-order valence-corrected chi connectivity index (χ1v) is 5.70. The Bertz CT molecular complexity index is 517. The summed E-state index contributed by atoms with van der Waals surface area (Å²) in [6.07, 6.45) is 2.43. The molecule has 0 aliphatic heterocycles. The largest absolute Gasteiger partial charge is 0.313 e. The van der Waals surface area contributed by atoms with Gasteiger partial charge in [-0.2, -0.15) is 5.10 Å². The van der Waals surface area contributed by atoms with Crippen LogP contribution in [0.25, 0.3) is 0 Å². The van der Waals surface area contributed by atoms with Crippen LogP contribution in [0.4, 0.5) is 8.78 Å². The van der Waals surface area contributed by atoms with Gasteiger partial charge in [0.05, 0.1) is 5.69 Å². The zero-order chi connectivity index (χ0) is 13.1. The van der Waals surface area contributed by atoms with Crippen LogP contribution in [0.1, 0.15) is 17.3 Å². The van der Waals surface area contributed by atoms with Gasteiger partial charge in [-0.05, 0) is 30.8 Å². The third-order valence-corrected chi connectivity index (χ3v) is 2.82. The zero-order valence-corrected chi connectivity index (χ0v) is 10.3. The Morgan fingerprint density at radius 2 is 1.94 bits per heavy atom. The number of likely N-dealkylation sites (N-methyl/N-ethyl adjacent to an activating group) is 1. The van der Waals surface area contributed by atoms with Crippen molar-refractivity contribution in [1.82, 2.24) is 15.1 Å². The van der Waals surface area contributed by atoms with Gasteiger partial charge in [0, 0.05) is 31.8 Å². The summed E-state index contributed by atoms with van der Waals surface area (Å²) in [5, 5.41) is 7.31. The number of nitrogens with one attached hydrogen (secondary N) is 1. The number of hydrogen-bond donors (Lipinski definition) is 1. The van der Waals surface area contributed by atoms with Crippen molar-refractivity contribution in [3.8, 4) is 0 Å². The van der Waals surface area contributed by atoms with E-state index < -0.39 is 11.6 Å². The average Bonchev–Trinajstić information content (AvgIpc) is 2.70. The number of hydrogen-bond acceptors (Lipinski definition) is 2. The van der Waals surface area contributed by atoms with Crippen LogP contribution in [0, 0.1) is 11.6 Å². The van der Waals surface area contributed by atoms with Gasteiger partial charge in [-0.1, -0.05) is 0 Å². The molecule has 0 amide bonds. The lowest BCUT2D eigenvalue weighted by atomic mass is 10.0. The van der Waals surface area contributed by atoms with E-state index in [2.05, 4.69) is 10.4 Å². The number of aromatic nitrogens is 2. The molecule has 1 aromatic carbocycles. The summed E-state index contributed by atoms with van der Waals surface area (Å²) in [5.74, 6) is -1.13. The Labute approximate surface area is 104 Å². The SMILES string of the molecule is CNC(Cc1ccn(C)n1)c1cc(F)cc(F)c1. The van der Waals surface area contributed by atoms with Gasteiger partial charge in [0.2, 0.25) is 0 Å². The molecule has 1 heterocycles. The highest BCUT2D eigenvalue weighted by Crippen LogP contribution is 2.19. The molecule has 3 nitrogen and oxygen atoms in total. The van der Waals surface area contributed by atoms with Crippen LogP contribution in [0.5, 0.6) is 0 Å². The summed E-state index contributed by atoms with van der Waals surface area (Å²) in [6.45, 7) is 0. The summed E-state index contributed by atoms with van der Waals surface area (Å²) in [7, 11) is 3.59. The minimum Gasteiger partial charge on any atom is -0.313 e. The highest BCUT2D eigenvalue weighted by molar-refractivity contribution is 5.23. The number of halogens is 2. The molecule has 0 radical (unpaired) electrons. The van der Waals surface area contributed by atoms with E-state index in [4.69, 9.17) is 0 Å². The Balaban J connectivity index is 2.22. The Hall–Kier alpha value is -1.75. The normalized spacial score (nSPS) is 12.7. The maximum atomic E-state index is 13.2. The minimum absolute atomic E-state index is 0.162. The molecule has 0 fully saturated rings. The Morgan fingerprint density at radius 1 is 1.28 bits per heavy atom. The molecule has 2 aromatic rings. The molecule has 1 unspecified atom stereocenters. The van der Waals surface area contributed by atoms with Gasteiger partial charge >= 0.3 is 0 Å². The van der Waals surface area contributed by atoms with Crippen LogP contribution in [0.2, 0.25) is 0 Å². The minimum atomic E-state index is -0.564. The molecular formula is C13H15F2N3. The molecule has 0 aliphatic rings. The molecule has 0 saturated carbocycles. The number of nitrogens with zero attached hydrogens (tertiary/aromatic N) is 2. The van der Waals surface area contributed by atoms with Crippen LogP contribution in [0.3, 0.4) is 0 Å². The second-order valence-electron chi connectivity index (χ2n) is 4.23. The van der Waals surface area contributed by atoms with E-state index in [1.165, 1.54) is 12.1 Å². The number of benzene rings is 1. The summed E-state index contributed by atoms with van der Waals surface area (Å²) >= 11 is 0. The maximum Gasteiger partial charge on any atom is 0.126 e. The van der Waals surface area contributed by atoms with E-state index in [9.17, 15) is 8.78 Å². The van der Waals surface area contributed by atoms with E-state index >= 15 is 0 Å². The molecule has 0 bridgehead atoms. The van der Waals surface area contributed by atoms with Gasteiger partial charge in [-0.3, -0.25) is 4.68 Å². The van der Waals surface area contributed by atoms with E-state index in [0.717, 1.165) is 11.8 Å². The molecular weight excluding hydrogens is 236 g/mol. The third kappa shape index (κ3) is 2.92. The fraction of sp³-hybridized carbons (Fsp3) is 0.308. The fourth-order valence-corrected chi connectivity index (χ4v) is 1.94. The molecule has 2 rings (SSSR count). The predicted octanol–water partition coefficient (Wildman–Crippen LogP) is 2.20. The van der Waals surface area contributed by atoms with Crippen LogP contribution < -0.4 is 5.32 Å². The first-order chi connectivity index (χ1) is 8.58.